The fourth-order valence-electron chi connectivity index (χ4n) is 3.15. The van der Waals surface area contributed by atoms with Crippen LogP contribution in [-0.2, 0) is 0 Å². The molecular formula is C25H22N4O. The molecule has 0 unspecified atom stereocenters. The van der Waals surface area contributed by atoms with E-state index in [2.05, 4.69) is 26.7 Å². The molecule has 3 aromatic carbocycles. The SMILES string of the molecule is Cc1cccc(-c2nccc(Nc3cccc(C(=O)Nc4ccccc4C)c3)n2)c1. The zero-order chi connectivity index (χ0) is 20.9. The number of amides is 1. The Balaban J connectivity index is 1.53. The third kappa shape index (κ3) is 4.52. The van der Waals surface area contributed by atoms with Gasteiger partial charge >= 0.3 is 0 Å². The molecule has 0 radical (unpaired) electrons. The molecule has 5 nitrogen and oxygen atoms in total. The molecule has 0 atom stereocenters. The van der Waals surface area contributed by atoms with E-state index in [-0.39, 0.29) is 5.91 Å². The lowest BCUT2D eigenvalue weighted by Crippen LogP contribution is -2.12. The van der Waals surface area contributed by atoms with E-state index in [4.69, 9.17) is 0 Å². The molecule has 1 aromatic heterocycles. The van der Waals surface area contributed by atoms with Crippen LogP contribution in [0.2, 0.25) is 0 Å². The molecule has 5 heteroatoms. The van der Waals surface area contributed by atoms with Gasteiger partial charge in [0.1, 0.15) is 5.82 Å². The quantitative estimate of drug-likeness (QED) is 0.452. The molecule has 30 heavy (non-hydrogen) atoms. The summed E-state index contributed by atoms with van der Waals surface area (Å²) in [5.41, 5.74) is 5.29. The van der Waals surface area contributed by atoms with E-state index in [1.807, 2.05) is 74.5 Å². The summed E-state index contributed by atoms with van der Waals surface area (Å²) in [6.45, 7) is 4.01. The van der Waals surface area contributed by atoms with Crippen LogP contribution < -0.4 is 10.6 Å². The van der Waals surface area contributed by atoms with Crippen LogP contribution >= 0.6 is 0 Å². The van der Waals surface area contributed by atoms with Gasteiger partial charge in [-0.05, 0) is 55.8 Å². The molecule has 0 saturated heterocycles. The molecule has 4 rings (SSSR count). The number of benzene rings is 3. The van der Waals surface area contributed by atoms with Crippen LogP contribution in [0, 0.1) is 13.8 Å². The molecule has 4 aromatic rings. The fraction of sp³-hybridized carbons (Fsp3) is 0.0800. The Morgan fingerprint density at radius 3 is 2.53 bits per heavy atom. The molecule has 148 valence electrons. The number of carbonyl (C=O) groups is 1. The third-order valence-electron chi connectivity index (χ3n) is 4.72. The topological polar surface area (TPSA) is 66.9 Å². The van der Waals surface area contributed by atoms with Crippen molar-refractivity contribution in [2.45, 2.75) is 13.8 Å². The fourth-order valence-corrected chi connectivity index (χ4v) is 3.15. The van der Waals surface area contributed by atoms with Crippen molar-refractivity contribution < 1.29 is 4.79 Å². The average molecular weight is 394 g/mol. The van der Waals surface area contributed by atoms with Gasteiger partial charge in [-0.15, -0.1) is 0 Å². The van der Waals surface area contributed by atoms with Crippen molar-refractivity contribution in [2.24, 2.45) is 0 Å². The highest BCUT2D eigenvalue weighted by atomic mass is 16.1. The summed E-state index contributed by atoms with van der Waals surface area (Å²) in [6, 6.07) is 24.9. The van der Waals surface area contributed by atoms with Crippen molar-refractivity contribution in [3.63, 3.8) is 0 Å². The van der Waals surface area contributed by atoms with Gasteiger partial charge in [-0.2, -0.15) is 0 Å². The molecule has 1 heterocycles. The van der Waals surface area contributed by atoms with Crippen LogP contribution in [0.3, 0.4) is 0 Å². The van der Waals surface area contributed by atoms with Gasteiger partial charge in [0, 0.05) is 28.7 Å². The number of nitrogens with zero attached hydrogens (tertiary/aromatic N) is 2. The highest BCUT2D eigenvalue weighted by molar-refractivity contribution is 6.05. The lowest BCUT2D eigenvalue weighted by Gasteiger charge is -2.11. The molecule has 0 aliphatic heterocycles. The first-order chi connectivity index (χ1) is 14.6. The highest BCUT2D eigenvalue weighted by Crippen LogP contribution is 2.21. The second-order valence-electron chi connectivity index (χ2n) is 7.11. The minimum absolute atomic E-state index is 0.156. The van der Waals surface area contributed by atoms with Crippen LogP contribution in [0.1, 0.15) is 21.5 Å². The van der Waals surface area contributed by atoms with Crippen molar-refractivity contribution >= 4 is 23.1 Å². The number of hydrogen-bond donors (Lipinski definition) is 2. The van der Waals surface area contributed by atoms with Gasteiger partial charge in [-0.1, -0.05) is 48.0 Å². The molecule has 0 saturated carbocycles. The lowest BCUT2D eigenvalue weighted by atomic mass is 10.1. The molecular weight excluding hydrogens is 372 g/mol. The van der Waals surface area contributed by atoms with Gasteiger partial charge in [0.05, 0.1) is 0 Å². The van der Waals surface area contributed by atoms with Gasteiger partial charge in [0.25, 0.3) is 5.91 Å². The van der Waals surface area contributed by atoms with Crippen LogP contribution in [0.25, 0.3) is 11.4 Å². The Morgan fingerprint density at radius 1 is 0.867 bits per heavy atom. The van der Waals surface area contributed by atoms with Crippen LogP contribution in [0.4, 0.5) is 17.2 Å². The first-order valence-electron chi connectivity index (χ1n) is 9.73. The summed E-state index contributed by atoms with van der Waals surface area (Å²) in [6.07, 6.45) is 1.72. The van der Waals surface area contributed by atoms with Crippen LogP contribution in [0.15, 0.2) is 85.1 Å². The predicted molar refractivity (Wildman–Crippen MR) is 121 cm³/mol. The minimum atomic E-state index is -0.156. The maximum absolute atomic E-state index is 12.7. The Hall–Kier alpha value is -3.99. The van der Waals surface area contributed by atoms with Crippen molar-refractivity contribution in [1.29, 1.82) is 0 Å². The largest absolute Gasteiger partial charge is 0.340 e. The van der Waals surface area contributed by atoms with Crippen LogP contribution in [0.5, 0.6) is 0 Å². The Bertz CT molecular complexity index is 1200. The normalized spacial score (nSPS) is 10.5. The van der Waals surface area contributed by atoms with Crippen LogP contribution in [-0.4, -0.2) is 15.9 Å². The maximum Gasteiger partial charge on any atom is 0.255 e. The second-order valence-corrected chi connectivity index (χ2v) is 7.11. The van der Waals surface area contributed by atoms with E-state index >= 15 is 0 Å². The third-order valence-corrected chi connectivity index (χ3v) is 4.72. The number of aryl methyl sites for hydroxylation is 2. The van der Waals surface area contributed by atoms with Gasteiger partial charge in [-0.25, -0.2) is 9.97 Å². The predicted octanol–water partition coefficient (Wildman–Crippen LogP) is 5.76. The number of carbonyl (C=O) groups excluding carboxylic acids is 1. The minimum Gasteiger partial charge on any atom is -0.340 e. The number of rotatable bonds is 5. The van der Waals surface area contributed by atoms with Gasteiger partial charge in [0.2, 0.25) is 0 Å². The first-order valence-corrected chi connectivity index (χ1v) is 9.73. The Morgan fingerprint density at radius 2 is 1.70 bits per heavy atom. The maximum atomic E-state index is 12.7. The Kier molecular flexibility index (Phi) is 5.52. The molecule has 1 amide bonds. The molecule has 0 spiro atoms. The summed E-state index contributed by atoms with van der Waals surface area (Å²) in [7, 11) is 0. The van der Waals surface area contributed by atoms with Crippen molar-refractivity contribution in [2.75, 3.05) is 10.6 Å². The number of hydrogen-bond acceptors (Lipinski definition) is 4. The molecule has 0 aliphatic rings. The number of anilines is 3. The summed E-state index contributed by atoms with van der Waals surface area (Å²) >= 11 is 0. The second kappa shape index (κ2) is 8.57. The van der Waals surface area contributed by atoms with E-state index in [9.17, 15) is 4.79 Å². The number of para-hydroxylation sites is 1. The first kappa shape index (κ1) is 19.3. The molecule has 2 N–H and O–H groups in total. The van der Waals surface area contributed by atoms with Gasteiger partial charge in [-0.3, -0.25) is 4.79 Å². The van der Waals surface area contributed by atoms with Crippen molar-refractivity contribution in [3.8, 4) is 11.4 Å². The van der Waals surface area contributed by atoms with E-state index < -0.39 is 0 Å². The number of aromatic nitrogens is 2. The zero-order valence-electron chi connectivity index (χ0n) is 16.9. The smallest absolute Gasteiger partial charge is 0.255 e. The van der Waals surface area contributed by atoms with E-state index in [1.54, 1.807) is 18.3 Å². The van der Waals surface area contributed by atoms with E-state index in [0.717, 1.165) is 28.1 Å². The molecule has 0 bridgehead atoms. The zero-order valence-corrected chi connectivity index (χ0v) is 16.9. The van der Waals surface area contributed by atoms with Crippen molar-refractivity contribution in [1.82, 2.24) is 9.97 Å². The van der Waals surface area contributed by atoms with E-state index in [0.29, 0.717) is 17.2 Å². The van der Waals surface area contributed by atoms with Gasteiger partial charge < -0.3 is 10.6 Å². The van der Waals surface area contributed by atoms with Crippen molar-refractivity contribution in [3.05, 3.63) is 102 Å². The molecule has 0 fully saturated rings. The standard InChI is InChI=1S/C25H22N4O/c1-17-7-5-9-19(15-17)24-26-14-13-23(29-24)27-21-11-6-10-20(16-21)25(30)28-22-12-4-3-8-18(22)2/h3-16H,1-2H3,(H,28,30)(H,26,27,29). The van der Waals surface area contributed by atoms with E-state index in [1.165, 1.54) is 0 Å². The summed E-state index contributed by atoms with van der Waals surface area (Å²) in [5, 5.41) is 6.23. The lowest BCUT2D eigenvalue weighted by molar-refractivity contribution is 0.102. The Labute approximate surface area is 175 Å². The summed E-state index contributed by atoms with van der Waals surface area (Å²) in [5.74, 6) is 1.16. The molecule has 0 aliphatic carbocycles. The average Bonchev–Trinajstić information content (AvgIpc) is 2.76. The monoisotopic (exact) mass is 394 g/mol. The highest BCUT2D eigenvalue weighted by Gasteiger charge is 2.09. The summed E-state index contributed by atoms with van der Waals surface area (Å²) in [4.78, 5) is 21.7. The summed E-state index contributed by atoms with van der Waals surface area (Å²) < 4.78 is 0. The van der Waals surface area contributed by atoms with Gasteiger partial charge in [0.15, 0.2) is 5.82 Å². The number of nitrogens with one attached hydrogen (secondary N) is 2.